The number of ether oxygens (including phenoxy) is 2. The summed E-state index contributed by atoms with van der Waals surface area (Å²) in [6, 6.07) is 4.08. The van der Waals surface area contributed by atoms with Crippen molar-refractivity contribution in [1.29, 1.82) is 0 Å². The van der Waals surface area contributed by atoms with Gasteiger partial charge in [0.25, 0.3) is 0 Å². The van der Waals surface area contributed by atoms with Crippen molar-refractivity contribution in [1.82, 2.24) is 19.0 Å². The summed E-state index contributed by atoms with van der Waals surface area (Å²) in [7, 11) is -0.573. The van der Waals surface area contributed by atoms with Gasteiger partial charge in [-0.3, -0.25) is 9.69 Å². The van der Waals surface area contributed by atoms with E-state index in [4.69, 9.17) is 9.47 Å². The van der Waals surface area contributed by atoms with Crippen LogP contribution in [0.3, 0.4) is 0 Å². The fourth-order valence-electron chi connectivity index (χ4n) is 6.02. The number of piperidine rings is 3. The van der Waals surface area contributed by atoms with Gasteiger partial charge in [0.2, 0.25) is 15.9 Å². The highest BCUT2D eigenvalue weighted by Gasteiger charge is 2.38. The molecule has 0 aliphatic carbocycles. The molecular weight excluding hydrogens is 480 g/mol. The molecule has 1 aromatic carbocycles. The number of nitrogens with zero attached hydrogens (tertiary/aromatic N) is 4. The van der Waals surface area contributed by atoms with E-state index in [-0.39, 0.29) is 25.7 Å². The molecule has 0 spiro atoms. The Morgan fingerprint density at radius 1 is 1.06 bits per heavy atom. The van der Waals surface area contributed by atoms with Crippen LogP contribution in [0.15, 0.2) is 17.0 Å². The number of benzene rings is 1. The molecule has 36 heavy (non-hydrogen) atoms. The van der Waals surface area contributed by atoms with Crippen molar-refractivity contribution >= 4 is 15.9 Å². The molecule has 4 fully saturated rings. The van der Waals surface area contributed by atoms with Gasteiger partial charge < -0.3 is 19.3 Å². The topological polar surface area (TPSA) is 82.6 Å². The molecule has 2 bridgehead atoms. The van der Waals surface area contributed by atoms with Crippen LogP contribution in [0.1, 0.15) is 30.4 Å². The van der Waals surface area contributed by atoms with Crippen LogP contribution >= 0.6 is 0 Å². The molecule has 1 unspecified atom stereocenters. The Bertz CT molecular complexity index is 1000. The third-order valence-electron chi connectivity index (χ3n) is 8.09. The smallest absolute Gasteiger partial charge is 0.248 e. The largest absolute Gasteiger partial charge is 0.497 e. The van der Waals surface area contributed by atoms with Crippen LogP contribution in [0.5, 0.6) is 5.75 Å². The zero-order valence-electron chi connectivity index (χ0n) is 22.2. The number of methoxy groups -OCH3 is 1. The van der Waals surface area contributed by atoms with E-state index >= 15 is 0 Å². The predicted octanol–water partition coefficient (Wildman–Crippen LogP) is 1.58. The first-order valence-corrected chi connectivity index (χ1v) is 14.6. The number of fused-ring (bicyclic) bond motifs is 3. The summed E-state index contributed by atoms with van der Waals surface area (Å²) in [5.41, 5.74) is 1.28. The maximum atomic E-state index is 13.1. The molecular formula is C26H42N4O5S. The molecule has 5 rings (SSSR count). The number of sulfonamides is 1. The van der Waals surface area contributed by atoms with Crippen LogP contribution in [0.2, 0.25) is 0 Å². The number of hydrogen-bond acceptors (Lipinski definition) is 7. The maximum absolute atomic E-state index is 13.1. The normalized spacial score (nSPS) is 25.2. The number of rotatable bonds is 9. The minimum atomic E-state index is -3.68. The second-order valence-corrected chi connectivity index (χ2v) is 12.4. The van der Waals surface area contributed by atoms with Crippen molar-refractivity contribution < 1.29 is 22.7 Å². The number of carbonyl (C=O) groups is 1. The summed E-state index contributed by atoms with van der Waals surface area (Å²) in [5.74, 6) is 1.42. The SMILES string of the molecule is COc1cc(C)c(S(=O)(=O)N(C)CCOCC(=O)N2CCCN(C3CN4CCC3CC4)CC2)c(C)c1. The first-order chi connectivity index (χ1) is 17.2. The lowest BCUT2D eigenvalue weighted by molar-refractivity contribution is -0.136. The lowest BCUT2D eigenvalue weighted by Crippen LogP contribution is -2.57. The molecule has 1 amide bonds. The van der Waals surface area contributed by atoms with Crippen LogP contribution in [0.25, 0.3) is 0 Å². The van der Waals surface area contributed by atoms with Gasteiger partial charge in [-0.25, -0.2) is 8.42 Å². The van der Waals surface area contributed by atoms with Crippen molar-refractivity contribution in [2.45, 2.75) is 44.0 Å². The summed E-state index contributed by atoms with van der Waals surface area (Å²) in [6.45, 7) is 11.0. The van der Waals surface area contributed by atoms with Crippen molar-refractivity contribution in [2.24, 2.45) is 5.92 Å². The lowest BCUT2D eigenvalue weighted by Gasteiger charge is -2.49. The fourth-order valence-corrected chi connectivity index (χ4v) is 7.58. The Morgan fingerprint density at radius 2 is 1.75 bits per heavy atom. The van der Waals surface area contributed by atoms with Crippen molar-refractivity contribution in [3.63, 3.8) is 0 Å². The van der Waals surface area contributed by atoms with Crippen LogP contribution in [0.4, 0.5) is 0 Å². The summed E-state index contributed by atoms with van der Waals surface area (Å²) in [6.07, 6.45) is 3.59. The zero-order valence-corrected chi connectivity index (χ0v) is 23.1. The Labute approximate surface area is 216 Å². The molecule has 4 aliphatic rings. The third kappa shape index (κ3) is 6.05. The quantitative estimate of drug-likeness (QED) is 0.456. The number of hydrogen-bond donors (Lipinski definition) is 0. The molecule has 202 valence electrons. The Kier molecular flexibility index (Phi) is 8.93. The van der Waals surface area contributed by atoms with Gasteiger partial charge in [0.05, 0.1) is 18.6 Å². The van der Waals surface area contributed by atoms with Crippen molar-refractivity contribution in [2.75, 3.05) is 79.7 Å². The average Bonchev–Trinajstić information content (AvgIpc) is 3.12. The van der Waals surface area contributed by atoms with Crippen molar-refractivity contribution in [3.8, 4) is 5.75 Å². The molecule has 1 atom stereocenters. The van der Waals surface area contributed by atoms with Gasteiger partial charge in [0.1, 0.15) is 12.4 Å². The molecule has 0 radical (unpaired) electrons. The van der Waals surface area contributed by atoms with E-state index in [1.165, 1.54) is 36.8 Å². The Morgan fingerprint density at radius 3 is 2.36 bits per heavy atom. The summed E-state index contributed by atoms with van der Waals surface area (Å²) in [5, 5.41) is 0. The molecule has 4 heterocycles. The van der Waals surface area contributed by atoms with E-state index < -0.39 is 10.0 Å². The Hall–Kier alpha value is -1.72. The molecule has 0 aromatic heterocycles. The second kappa shape index (κ2) is 11.8. The first kappa shape index (κ1) is 27.3. The highest BCUT2D eigenvalue weighted by molar-refractivity contribution is 7.89. The molecule has 9 nitrogen and oxygen atoms in total. The van der Waals surface area contributed by atoms with E-state index in [2.05, 4.69) is 9.80 Å². The van der Waals surface area contributed by atoms with Gasteiger partial charge in [-0.05, 0) is 75.4 Å². The summed E-state index contributed by atoms with van der Waals surface area (Å²) in [4.78, 5) is 20.2. The third-order valence-corrected chi connectivity index (χ3v) is 10.3. The number of amides is 1. The lowest BCUT2D eigenvalue weighted by atomic mass is 9.83. The zero-order chi connectivity index (χ0) is 25.9. The van der Waals surface area contributed by atoms with Gasteiger partial charge >= 0.3 is 0 Å². The first-order valence-electron chi connectivity index (χ1n) is 13.1. The fraction of sp³-hybridized carbons (Fsp3) is 0.731. The second-order valence-electron chi connectivity index (χ2n) is 10.4. The van der Waals surface area contributed by atoms with Crippen LogP contribution in [0, 0.1) is 19.8 Å². The molecule has 10 heteroatoms. The molecule has 0 saturated carbocycles. The number of aryl methyl sites for hydroxylation is 2. The van der Waals surface area contributed by atoms with E-state index in [9.17, 15) is 13.2 Å². The van der Waals surface area contributed by atoms with Gasteiger partial charge in [-0.1, -0.05) is 0 Å². The van der Waals surface area contributed by atoms with E-state index in [0.29, 0.717) is 27.8 Å². The molecule has 0 N–H and O–H groups in total. The maximum Gasteiger partial charge on any atom is 0.248 e. The van der Waals surface area contributed by atoms with E-state index in [1.54, 1.807) is 40.1 Å². The van der Waals surface area contributed by atoms with E-state index in [0.717, 1.165) is 38.5 Å². The monoisotopic (exact) mass is 522 g/mol. The van der Waals surface area contributed by atoms with Gasteiger partial charge in [0.15, 0.2) is 0 Å². The summed E-state index contributed by atoms with van der Waals surface area (Å²) >= 11 is 0. The minimum absolute atomic E-state index is 0.0156. The minimum Gasteiger partial charge on any atom is -0.497 e. The molecule has 4 aliphatic heterocycles. The van der Waals surface area contributed by atoms with Gasteiger partial charge in [-0.2, -0.15) is 4.31 Å². The standard InChI is InChI=1S/C26H42N4O5S/c1-20-16-23(34-4)17-21(2)26(20)36(32,33)27(3)14-15-35-19-25(31)30-9-5-8-29(12-13-30)24-18-28-10-6-22(24)7-11-28/h16-17,22,24H,5-15,18-19H2,1-4H3. The van der Waals surface area contributed by atoms with Crippen LogP contribution in [-0.4, -0.2) is 119 Å². The van der Waals surface area contributed by atoms with Crippen LogP contribution < -0.4 is 4.74 Å². The van der Waals surface area contributed by atoms with Crippen molar-refractivity contribution in [3.05, 3.63) is 23.3 Å². The van der Waals surface area contributed by atoms with Crippen LogP contribution in [-0.2, 0) is 19.6 Å². The number of likely N-dealkylation sites (N-methyl/N-ethyl adjacent to an activating group) is 1. The summed E-state index contributed by atoms with van der Waals surface area (Å²) < 4.78 is 38.5. The number of carbonyl (C=O) groups excluding carboxylic acids is 1. The molecule has 4 saturated heterocycles. The Balaban J connectivity index is 1.22. The molecule has 1 aromatic rings. The van der Waals surface area contributed by atoms with Gasteiger partial charge in [-0.15, -0.1) is 0 Å². The van der Waals surface area contributed by atoms with Gasteiger partial charge in [0, 0.05) is 52.4 Å². The highest BCUT2D eigenvalue weighted by atomic mass is 32.2. The average molecular weight is 523 g/mol. The van der Waals surface area contributed by atoms with E-state index in [1.807, 2.05) is 4.90 Å². The highest BCUT2D eigenvalue weighted by Crippen LogP contribution is 2.31. The predicted molar refractivity (Wildman–Crippen MR) is 139 cm³/mol.